The Kier molecular flexibility index (Phi) is 7.25. The Morgan fingerprint density at radius 2 is 2.09 bits per heavy atom. The molecule has 1 aromatic rings. The highest BCUT2D eigenvalue weighted by molar-refractivity contribution is 5.81. The molecule has 0 spiro atoms. The minimum Gasteiger partial charge on any atom is -0.381 e. The van der Waals surface area contributed by atoms with Crippen LogP contribution in [0, 0.1) is 11.8 Å². The summed E-state index contributed by atoms with van der Waals surface area (Å²) in [4.78, 5) is 15.0. The largest absolute Gasteiger partial charge is 0.416 e. The molecular formula is C25H33F3N2O2. The zero-order valence-corrected chi connectivity index (χ0v) is 18.7. The highest BCUT2D eigenvalue weighted by atomic mass is 19.4. The third kappa shape index (κ3) is 5.37. The van der Waals surface area contributed by atoms with Gasteiger partial charge in [0.1, 0.15) is 0 Å². The summed E-state index contributed by atoms with van der Waals surface area (Å²) < 4.78 is 44.6. The molecule has 4 nitrogen and oxygen atoms in total. The van der Waals surface area contributed by atoms with Gasteiger partial charge in [-0.05, 0) is 67.7 Å². The van der Waals surface area contributed by atoms with Crippen LogP contribution < -0.4 is 5.32 Å². The summed E-state index contributed by atoms with van der Waals surface area (Å²) in [5.41, 5.74) is 0.851. The van der Waals surface area contributed by atoms with Crippen LogP contribution in [-0.4, -0.2) is 49.2 Å². The molecule has 176 valence electrons. The minimum absolute atomic E-state index is 0.0379. The number of hydrogen-bond donors (Lipinski definition) is 1. The number of rotatable bonds is 5. The van der Waals surface area contributed by atoms with Crippen molar-refractivity contribution < 1.29 is 22.7 Å². The number of ether oxygens (including phenoxy) is 1. The molecule has 0 aromatic heterocycles. The minimum atomic E-state index is -4.35. The van der Waals surface area contributed by atoms with E-state index in [1.165, 1.54) is 12.1 Å². The summed E-state index contributed by atoms with van der Waals surface area (Å²) >= 11 is 0. The SMILES string of the molecule is CCC1COCCC1NC1CCC(C(=O)N2CC=C(c3cccc(C(F)(F)F)c3)CC2)C1. The molecule has 2 heterocycles. The number of benzene rings is 1. The lowest BCUT2D eigenvalue weighted by atomic mass is 9.92. The molecule has 32 heavy (non-hydrogen) atoms. The Balaban J connectivity index is 1.31. The first kappa shape index (κ1) is 23.3. The lowest BCUT2D eigenvalue weighted by Gasteiger charge is -2.34. The van der Waals surface area contributed by atoms with Crippen LogP contribution >= 0.6 is 0 Å². The van der Waals surface area contributed by atoms with Crippen LogP contribution in [0.4, 0.5) is 13.2 Å². The Morgan fingerprint density at radius 1 is 1.25 bits per heavy atom. The first-order valence-corrected chi connectivity index (χ1v) is 11.8. The Labute approximate surface area is 188 Å². The number of hydrogen-bond acceptors (Lipinski definition) is 3. The van der Waals surface area contributed by atoms with Crippen molar-refractivity contribution in [3.8, 4) is 0 Å². The van der Waals surface area contributed by atoms with Crippen LogP contribution in [0.1, 0.15) is 56.6 Å². The van der Waals surface area contributed by atoms with Gasteiger partial charge in [0.2, 0.25) is 5.91 Å². The third-order valence-electron chi connectivity index (χ3n) is 7.31. The molecule has 1 amide bonds. The molecule has 1 aliphatic carbocycles. The summed E-state index contributed by atoms with van der Waals surface area (Å²) in [7, 11) is 0. The van der Waals surface area contributed by atoms with E-state index in [2.05, 4.69) is 12.2 Å². The number of carbonyl (C=O) groups is 1. The van der Waals surface area contributed by atoms with Gasteiger partial charge in [-0.3, -0.25) is 4.79 Å². The van der Waals surface area contributed by atoms with Gasteiger partial charge in [0.05, 0.1) is 12.2 Å². The smallest absolute Gasteiger partial charge is 0.381 e. The number of nitrogens with one attached hydrogen (secondary N) is 1. The van der Waals surface area contributed by atoms with Crippen molar-refractivity contribution in [2.24, 2.45) is 11.8 Å². The van der Waals surface area contributed by atoms with Gasteiger partial charge in [0, 0.05) is 37.7 Å². The Morgan fingerprint density at radius 3 is 2.81 bits per heavy atom. The molecule has 2 aliphatic heterocycles. The molecule has 0 bridgehead atoms. The van der Waals surface area contributed by atoms with Crippen LogP contribution in [0.15, 0.2) is 30.3 Å². The predicted molar refractivity (Wildman–Crippen MR) is 118 cm³/mol. The van der Waals surface area contributed by atoms with E-state index in [-0.39, 0.29) is 11.8 Å². The fraction of sp³-hybridized carbons (Fsp3) is 0.640. The summed E-state index contributed by atoms with van der Waals surface area (Å²) in [5.74, 6) is 0.767. The van der Waals surface area contributed by atoms with Gasteiger partial charge >= 0.3 is 6.18 Å². The molecule has 4 rings (SSSR count). The number of amides is 1. The van der Waals surface area contributed by atoms with E-state index in [0.29, 0.717) is 43.1 Å². The second-order valence-corrected chi connectivity index (χ2v) is 9.35. The molecule has 1 saturated carbocycles. The van der Waals surface area contributed by atoms with Crippen molar-refractivity contribution in [1.29, 1.82) is 0 Å². The average Bonchev–Trinajstić information content (AvgIpc) is 3.27. The zero-order chi connectivity index (χ0) is 22.7. The first-order valence-electron chi connectivity index (χ1n) is 11.8. The van der Waals surface area contributed by atoms with Crippen molar-refractivity contribution >= 4 is 11.5 Å². The molecule has 4 atom stereocenters. The van der Waals surface area contributed by atoms with Crippen molar-refractivity contribution in [3.63, 3.8) is 0 Å². The van der Waals surface area contributed by atoms with Gasteiger partial charge in [0.15, 0.2) is 0 Å². The topological polar surface area (TPSA) is 41.6 Å². The van der Waals surface area contributed by atoms with E-state index in [1.54, 1.807) is 6.07 Å². The molecule has 3 aliphatic rings. The summed E-state index contributed by atoms with van der Waals surface area (Å²) in [6.45, 7) is 4.85. The highest BCUT2D eigenvalue weighted by Crippen LogP contribution is 2.34. The van der Waals surface area contributed by atoms with Crippen LogP contribution in [0.2, 0.25) is 0 Å². The molecule has 7 heteroatoms. The van der Waals surface area contributed by atoms with Crippen molar-refractivity contribution in [2.75, 3.05) is 26.3 Å². The van der Waals surface area contributed by atoms with Gasteiger partial charge in [0.25, 0.3) is 0 Å². The van der Waals surface area contributed by atoms with Crippen LogP contribution in [-0.2, 0) is 15.7 Å². The molecule has 1 aromatic carbocycles. The maximum absolute atomic E-state index is 13.1. The standard InChI is InChI=1S/C25H33F3N2O2/c1-2-17-16-32-13-10-23(17)29-22-7-6-20(15-22)24(31)30-11-8-18(9-12-30)19-4-3-5-21(14-19)25(26,27)28/h3-5,8,14,17,20,22-23,29H,2,6-7,9-13,15-16H2,1H3. The molecule has 4 unspecified atom stereocenters. The number of alkyl halides is 3. The van der Waals surface area contributed by atoms with E-state index in [0.717, 1.165) is 57.0 Å². The number of carbonyl (C=O) groups excluding carboxylic acids is 1. The van der Waals surface area contributed by atoms with E-state index >= 15 is 0 Å². The molecular weight excluding hydrogens is 417 g/mol. The van der Waals surface area contributed by atoms with Gasteiger partial charge < -0.3 is 15.0 Å². The van der Waals surface area contributed by atoms with Crippen LogP contribution in [0.3, 0.4) is 0 Å². The van der Waals surface area contributed by atoms with E-state index in [9.17, 15) is 18.0 Å². The first-order chi connectivity index (χ1) is 15.3. The van der Waals surface area contributed by atoms with E-state index in [4.69, 9.17) is 4.74 Å². The molecule has 1 N–H and O–H groups in total. The van der Waals surface area contributed by atoms with E-state index in [1.807, 2.05) is 11.0 Å². The fourth-order valence-corrected chi connectivity index (χ4v) is 5.36. The summed E-state index contributed by atoms with van der Waals surface area (Å²) in [6, 6.07) is 6.31. The van der Waals surface area contributed by atoms with Crippen molar-refractivity contribution in [1.82, 2.24) is 10.2 Å². The second kappa shape index (κ2) is 9.96. The monoisotopic (exact) mass is 450 g/mol. The quantitative estimate of drug-likeness (QED) is 0.694. The Hall–Kier alpha value is -1.86. The Bertz CT molecular complexity index is 839. The summed E-state index contributed by atoms with van der Waals surface area (Å²) in [5, 5.41) is 3.80. The van der Waals surface area contributed by atoms with E-state index < -0.39 is 11.7 Å². The van der Waals surface area contributed by atoms with Gasteiger partial charge in [-0.1, -0.05) is 25.1 Å². The maximum atomic E-state index is 13.1. The summed E-state index contributed by atoms with van der Waals surface area (Å²) in [6.07, 6.45) is 3.07. The normalized spacial score (nSPS) is 29.1. The van der Waals surface area contributed by atoms with Gasteiger partial charge in [-0.15, -0.1) is 0 Å². The van der Waals surface area contributed by atoms with Gasteiger partial charge in [-0.2, -0.15) is 13.2 Å². The van der Waals surface area contributed by atoms with Crippen molar-refractivity contribution in [2.45, 2.75) is 63.7 Å². The predicted octanol–water partition coefficient (Wildman–Crippen LogP) is 4.89. The molecule has 0 radical (unpaired) electrons. The maximum Gasteiger partial charge on any atom is 0.416 e. The average molecular weight is 451 g/mol. The molecule has 2 fully saturated rings. The highest BCUT2D eigenvalue weighted by Gasteiger charge is 2.36. The number of halogens is 3. The second-order valence-electron chi connectivity index (χ2n) is 9.35. The lowest BCUT2D eigenvalue weighted by Crippen LogP contribution is -2.46. The fourth-order valence-electron chi connectivity index (χ4n) is 5.36. The molecule has 1 saturated heterocycles. The van der Waals surface area contributed by atoms with Gasteiger partial charge in [-0.25, -0.2) is 0 Å². The number of nitrogens with zero attached hydrogens (tertiary/aromatic N) is 1. The third-order valence-corrected chi connectivity index (χ3v) is 7.31. The van der Waals surface area contributed by atoms with Crippen LogP contribution in [0.25, 0.3) is 5.57 Å². The lowest BCUT2D eigenvalue weighted by molar-refractivity contribution is -0.137. The van der Waals surface area contributed by atoms with Crippen LogP contribution in [0.5, 0.6) is 0 Å². The zero-order valence-electron chi connectivity index (χ0n) is 18.7. The van der Waals surface area contributed by atoms with Crippen molar-refractivity contribution in [3.05, 3.63) is 41.5 Å².